The van der Waals surface area contributed by atoms with Crippen molar-refractivity contribution in [2.75, 3.05) is 5.32 Å². The summed E-state index contributed by atoms with van der Waals surface area (Å²) in [6, 6.07) is 37.8. The number of rotatable bonds is 2. The van der Waals surface area contributed by atoms with Gasteiger partial charge in [-0.1, -0.05) is 103 Å². The van der Waals surface area contributed by atoms with Gasteiger partial charge < -0.3 is 5.32 Å². The van der Waals surface area contributed by atoms with Crippen molar-refractivity contribution in [3.8, 4) is 0 Å². The minimum Gasteiger partial charge on any atom is -0.358 e. The molecule has 1 aliphatic heterocycles. The molecule has 0 saturated carbocycles. The van der Waals surface area contributed by atoms with Gasteiger partial charge in [0, 0.05) is 28.8 Å². The Bertz CT molecular complexity index is 1280. The molecule has 150 valence electrons. The van der Waals surface area contributed by atoms with Crippen molar-refractivity contribution < 1.29 is 0 Å². The molecule has 4 aromatic carbocycles. The van der Waals surface area contributed by atoms with E-state index in [9.17, 15) is 0 Å². The molecule has 1 heteroatoms. The third-order valence-corrected chi connectivity index (χ3v) is 6.83. The van der Waals surface area contributed by atoms with Crippen LogP contribution in [-0.2, 0) is 6.42 Å². The van der Waals surface area contributed by atoms with Gasteiger partial charge >= 0.3 is 0 Å². The Kier molecular flexibility index (Phi) is 4.28. The number of hydrogen-bond donors (Lipinski definition) is 1. The normalized spacial score (nSPS) is 19.1. The van der Waals surface area contributed by atoms with E-state index in [0.717, 1.165) is 6.42 Å². The highest BCUT2D eigenvalue weighted by Gasteiger charge is 2.39. The van der Waals surface area contributed by atoms with Crippen LogP contribution in [0.2, 0.25) is 0 Å². The number of aryl methyl sites for hydroxylation is 1. The maximum atomic E-state index is 3.88. The number of hydrogen-bond acceptors (Lipinski definition) is 1. The maximum Gasteiger partial charge on any atom is 0.0414 e. The molecular weight excluding hydrogens is 374 g/mol. The molecule has 6 rings (SSSR count). The van der Waals surface area contributed by atoms with E-state index < -0.39 is 0 Å². The van der Waals surface area contributed by atoms with Crippen molar-refractivity contribution >= 4 is 11.3 Å². The first-order chi connectivity index (χ1) is 15.3. The van der Waals surface area contributed by atoms with E-state index >= 15 is 0 Å². The van der Waals surface area contributed by atoms with Gasteiger partial charge in [-0.05, 0) is 47.2 Å². The first-order valence-corrected chi connectivity index (χ1v) is 11.1. The molecule has 0 amide bonds. The number of allylic oxidation sites excluding steroid dienone is 1. The van der Waals surface area contributed by atoms with Crippen molar-refractivity contribution in [1.29, 1.82) is 0 Å². The first kappa shape index (κ1) is 18.2. The number of benzene rings is 4. The lowest BCUT2D eigenvalue weighted by molar-refractivity contribution is 0.523. The van der Waals surface area contributed by atoms with E-state index in [4.69, 9.17) is 0 Å². The van der Waals surface area contributed by atoms with Crippen LogP contribution in [0.3, 0.4) is 0 Å². The molecule has 0 saturated heterocycles. The SMILES string of the molecule is Cc1ccc(C2c3ccccc3C(c3ccccc3)=C3Nc4ccccc4CC32)cc1. The molecule has 31 heavy (non-hydrogen) atoms. The van der Waals surface area contributed by atoms with E-state index in [1.807, 2.05) is 0 Å². The summed E-state index contributed by atoms with van der Waals surface area (Å²) >= 11 is 0. The fourth-order valence-electron chi connectivity index (χ4n) is 5.39. The topological polar surface area (TPSA) is 12.0 Å². The van der Waals surface area contributed by atoms with Crippen LogP contribution < -0.4 is 5.32 Å². The second-order valence-electron chi connectivity index (χ2n) is 8.72. The van der Waals surface area contributed by atoms with Gasteiger partial charge in [-0.25, -0.2) is 0 Å². The number of fused-ring (bicyclic) bond motifs is 3. The summed E-state index contributed by atoms with van der Waals surface area (Å²) in [6.07, 6.45) is 1.04. The van der Waals surface area contributed by atoms with Crippen LogP contribution in [0.25, 0.3) is 5.57 Å². The highest BCUT2D eigenvalue weighted by Crippen LogP contribution is 2.51. The van der Waals surface area contributed by atoms with Gasteiger partial charge in [-0.2, -0.15) is 0 Å². The smallest absolute Gasteiger partial charge is 0.0414 e. The third kappa shape index (κ3) is 3.00. The average Bonchev–Trinajstić information content (AvgIpc) is 2.82. The van der Waals surface area contributed by atoms with Crippen molar-refractivity contribution in [1.82, 2.24) is 0 Å². The van der Waals surface area contributed by atoms with Gasteiger partial charge in [0.2, 0.25) is 0 Å². The van der Waals surface area contributed by atoms with E-state index in [0.29, 0.717) is 11.8 Å². The molecule has 1 aliphatic carbocycles. The lowest BCUT2D eigenvalue weighted by Crippen LogP contribution is -2.32. The molecule has 0 radical (unpaired) electrons. The molecule has 1 nitrogen and oxygen atoms in total. The Balaban J connectivity index is 1.64. The Morgan fingerprint density at radius 2 is 1.42 bits per heavy atom. The van der Waals surface area contributed by atoms with Crippen molar-refractivity contribution in [3.63, 3.8) is 0 Å². The Morgan fingerprint density at radius 1 is 0.710 bits per heavy atom. The second-order valence-corrected chi connectivity index (χ2v) is 8.72. The largest absolute Gasteiger partial charge is 0.358 e. The number of para-hydroxylation sites is 1. The molecule has 1 heterocycles. The lowest BCUT2D eigenvalue weighted by Gasteiger charge is -2.41. The Hall–Kier alpha value is -3.58. The van der Waals surface area contributed by atoms with E-state index in [1.165, 1.54) is 50.3 Å². The maximum absolute atomic E-state index is 3.88. The fraction of sp³-hybridized carbons (Fsp3) is 0.133. The average molecular weight is 400 g/mol. The predicted molar refractivity (Wildman–Crippen MR) is 129 cm³/mol. The quantitative estimate of drug-likeness (QED) is 0.376. The van der Waals surface area contributed by atoms with E-state index in [1.54, 1.807) is 0 Å². The lowest BCUT2D eigenvalue weighted by atomic mass is 9.67. The van der Waals surface area contributed by atoms with Crippen LogP contribution in [0.4, 0.5) is 5.69 Å². The van der Waals surface area contributed by atoms with Crippen molar-refractivity contribution in [2.45, 2.75) is 19.3 Å². The summed E-state index contributed by atoms with van der Waals surface area (Å²) in [4.78, 5) is 0. The van der Waals surface area contributed by atoms with Crippen molar-refractivity contribution in [3.05, 3.63) is 142 Å². The zero-order valence-corrected chi connectivity index (χ0v) is 17.7. The Labute approximate surface area is 184 Å². The van der Waals surface area contributed by atoms with E-state index in [-0.39, 0.29) is 0 Å². The van der Waals surface area contributed by atoms with Gasteiger partial charge in [-0.3, -0.25) is 0 Å². The molecule has 2 atom stereocenters. The highest BCUT2D eigenvalue weighted by atomic mass is 14.9. The van der Waals surface area contributed by atoms with Gasteiger partial charge in [0.1, 0.15) is 0 Å². The summed E-state index contributed by atoms with van der Waals surface area (Å²) in [5, 5.41) is 3.88. The molecule has 0 aromatic heterocycles. The molecule has 4 aromatic rings. The highest BCUT2D eigenvalue weighted by molar-refractivity contribution is 5.89. The van der Waals surface area contributed by atoms with E-state index in [2.05, 4.69) is 115 Å². The van der Waals surface area contributed by atoms with Crippen LogP contribution in [0, 0.1) is 12.8 Å². The molecule has 2 aliphatic rings. The van der Waals surface area contributed by atoms with Crippen LogP contribution in [0.15, 0.2) is 109 Å². The third-order valence-electron chi connectivity index (χ3n) is 6.83. The van der Waals surface area contributed by atoms with Gasteiger partial charge in [0.05, 0.1) is 0 Å². The fourth-order valence-corrected chi connectivity index (χ4v) is 5.39. The van der Waals surface area contributed by atoms with Crippen LogP contribution >= 0.6 is 0 Å². The van der Waals surface area contributed by atoms with Crippen molar-refractivity contribution in [2.24, 2.45) is 5.92 Å². The zero-order chi connectivity index (χ0) is 20.8. The summed E-state index contributed by atoms with van der Waals surface area (Å²) in [6.45, 7) is 2.16. The summed E-state index contributed by atoms with van der Waals surface area (Å²) in [5.41, 5.74) is 12.1. The Morgan fingerprint density at radius 3 is 2.26 bits per heavy atom. The van der Waals surface area contributed by atoms with Crippen LogP contribution in [0.1, 0.15) is 39.3 Å². The van der Waals surface area contributed by atoms with Gasteiger partial charge in [0.15, 0.2) is 0 Å². The summed E-state index contributed by atoms with van der Waals surface area (Å²) in [5.74, 6) is 0.711. The molecular formula is C30H25N. The molecule has 0 spiro atoms. The van der Waals surface area contributed by atoms with Gasteiger partial charge in [-0.15, -0.1) is 0 Å². The number of anilines is 1. The van der Waals surface area contributed by atoms with Crippen LogP contribution in [0.5, 0.6) is 0 Å². The van der Waals surface area contributed by atoms with Gasteiger partial charge in [0.25, 0.3) is 0 Å². The molecule has 0 bridgehead atoms. The monoisotopic (exact) mass is 399 g/mol. The standard InChI is InChI=1S/C30H25N/c1-20-15-17-22(18-16-20)28-24-12-6-7-13-25(24)29(21-9-3-2-4-10-21)30-26(28)19-23-11-5-8-14-27(23)31-30/h2-18,26,28,31H,19H2,1H3. The predicted octanol–water partition coefficient (Wildman–Crippen LogP) is 7.18. The number of nitrogens with one attached hydrogen (secondary N) is 1. The molecule has 0 fully saturated rings. The minimum absolute atomic E-state index is 0.333. The minimum atomic E-state index is 0.333. The second kappa shape index (κ2) is 7.28. The molecule has 2 unspecified atom stereocenters. The summed E-state index contributed by atoms with van der Waals surface area (Å²) in [7, 11) is 0. The first-order valence-electron chi connectivity index (χ1n) is 11.1. The molecule has 1 N–H and O–H groups in total. The zero-order valence-electron chi connectivity index (χ0n) is 17.7. The van der Waals surface area contributed by atoms with Crippen LogP contribution in [-0.4, -0.2) is 0 Å². The summed E-state index contributed by atoms with van der Waals surface area (Å²) < 4.78 is 0.